The fourth-order valence-electron chi connectivity index (χ4n) is 3.85. The van der Waals surface area contributed by atoms with Crippen LogP contribution in [-0.4, -0.2) is 97.0 Å². The summed E-state index contributed by atoms with van der Waals surface area (Å²) in [6.45, 7) is 1.13. The van der Waals surface area contributed by atoms with Crippen molar-refractivity contribution in [3.05, 3.63) is 0 Å². The van der Waals surface area contributed by atoms with E-state index in [4.69, 9.17) is 44.9 Å². The molecule has 0 aromatic carbocycles. The van der Waals surface area contributed by atoms with Gasteiger partial charge < -0.3 is 65.7 Å². The molecule has 20 N–H and O–H groups in total. The average Bonchev–Trinajstić information content (AvgIpc) is 2.92. The molecule has 3 amide bonds. The molecule has 0 aliphatic carbocycles. The molecule has 19 nitrogen and oxygen atoms in total. The Morgan fingerprint density at radius 3 is 1.33 bits per heavy atom. The molecular weight excluding hydrogens is 564 g/mol. The van der Waals surface area contributed by atoms with Crippen LogP contribution in [0.2, 0.25) is 0 Å². The number of unbranched alkanes of at least 4 members (excludes halogenated alkanes) is 1. The van der Waals surface area contributed by atoms with Gasteiger partial charge in [-0.15, -0.1) is 0 Å². The van der Waals surface area contributed by atoms with E-state index in [0.717, 1.165) is 0 Å². The van der Waals surface area contributed by atoms with Gasteiger partial charge in [-0.05, 0) is 57.9 Å². The molecule has 19 heteroatoms. The Morgan fingerprint density at radius 1 is 0.581 bits per heavy atom. The monoisotopic (exact) mass is 614 g/mol. The molecule has 0 saturated heterocycles. The van der Waals surface area contributed by atoms with Crippen LogP contribution >= 0.6 is 0 Å². The number of carboxylic acid groups (broad SMARTS) is 1. The molecule has 0 aromatic heterocycles. The highest BCUT2D eigenvalue weighted by Gasteiger charge is 2.30. The summed E-state index contributed by atoms with van der Waals surface area (Å²) in [6, 6.07) is -4.45. The second-order valence-corrected chi connectivity index (χ2v) is 9.86. The first-order valence-corrected chi connectivity index (χ1v) is 14.1. The maximum atomic E-state index is 13.4. The van der Waals surface area contributed by atoms with Crippen molar-refractivity contribution >= 4 is 41.6 Å². The van der Waals surface area contributed by atoms with Crippen LogP contribution in [0.3, 0.4) is 0 Å². The highest BCUT2D eigenvalue weighted by Crippen LogP contribution is 2.06. The summed E-state index contributed by atoms with van der Waals surface area (Å²) in [5, 5.41) is 46.8. The molecule has 0 spiro atoms. The summed E-state index contributed by atoms with van der Waals surface area (Å²) in [5.74, 6) is -4.10. The lowest BCUT2D eigenvalue weighted by molar-refractivity contribution is -0.142. The van der Waals surface area contributed by atoms with Crippen LogP contribution in [0.15, 0.2) is 0 Å². The van der Waals surface area contributed by atoms with Gasteiger partial charge in [0.1, 0.15) is 18.1 Å². The van der Waals surface area contributed by atoms with Crippen molar-refractivity contribution < 1.29 is 24.3 Å². The minimum absolute atomic E-state index is 0.0256. The van der Waals surface area contributed by atoms with Gasteiger partial charge in [0.2, 0.25) is 17.7 Å². The number of carbonyl (C=O) groups excluding carboxylic acids is 3. The Morgan fingerprint density at radius 2 is 0.953 bits per heavy atom. The number of carboxylic acids is 1. The van der Waals surface area contributed by atoms with E-state index >= 15 is 0 Å². The highest BCUT2D eigenvalue weighted by molar-refractivity contribution is 5.94. The third kappa shape index (κ3) is 19.4. The summed E-state index contributed by atoms with van der Waals surface area (Å²) < 4.78 is 0. The van der Waals surface area contributed by atoms with Crippen LogP contribution in [-0.2, 0) is 19.2 Å². The Bertz CT molecular complexity index is 934. The maximum absolute atomic E-state index is 13.4. The number of amides is 3. The van der Waals surface area contributed by atoms with Gasteiger partial charge in [-0.2, -0.15) is 0 Å². The van der Waals surface area contributed by atoms with Gasteiger partial charge in [0.05, 0.1) is 6.04 Å². The Kier molecular flexibility index (Phi) is 20.0. The molecule has 0 aliphatic rings. The molecule has 0 rings (SSSR count). The first kappa shape index (κ1) is 38.6. The number of nitrogens with two attached hydrogens (primary N) is 5. The Hall–Kier alpha value is -4.39. The zero-order valence-electron chi connectivity index (χ0n) is 24.5. The molecule has 0 aromatic rings. The van der Waals surface area contributed by atoms with Crippen LogP contribution in [0, 0.1) is 16.2 Å². The van der Waals surface area contributed by atoms with Crippen LogP contribution in [0.1, 0.15) is 57.8 Å². The normalized spacial score (nSPS) is 13.3. The standard InChI is InChI=1S/C24H50N14O5/c25-10-2-1-6-14(26)18(39)36-15(7-3-11-33-22(27)28)19(40)37-16(8-4-12-34-23(29)30)20(41)38-17(21(42)43)9-5-13-35-24(31)32/h14-17H,1-13,25-26H2,(H,36,39)(H,37,40)(H,38,41)(H,42,43)(H4,27,28,33)(H4,29,30,34)(H4,31,32,35)/t14-,15-,16-,17-/m0/s1. The largest absolute Gasteiger partial charge is 0.480 e. The van der Waals surface area contributed by atoms with E-state index in [0.29, 0.717) is 32.2 Å². The van der Waals surface area contributed by atoms with Gasteiger partial charge >= 0.3 is 5.97 Å². The zero-order valence-corrected chi connectivity index (χ0v) is 24.5. The molecule has 246 valence electrons. The van der Waals surface area contributed by atoms with Crippen molar-refractivity contribution in [2.24, 2.45) is 28.7 Å². The van der Waals surface area contributed by atoms with Gasteiger partial charge in [0.15, 0.2) is 17.9 Å². The zero-order chi connectivity index (χ0) is 32.8. The fraction of sp³-hybridized carbons (Fsp3) is 0.708. The second-order valence-electron chi connectivity index (χ2n) is 9.86. The van der Waals surface area contributed by atoms with Crippen molar-refractivity contribution in [3.63, 3.8) is 0 Å². The minimum Gasteiger partial charge on any atom is -0.480 e. The number of guanidine groups is 3. The minimum atomic E-state index is -1.29. The van der Waals surface area contributed by atoms with E-state index in [-0.39, 0.29) is 69.6 Å². The van der Waals surface area contributed by atoms with Gasteiger partial charge in [-0.3, -0.25) is 30.6 Å². The first-order chi connectivity index (χ1) is 20.3. The van der Waals surface area contributed by atoms with Crippen molar-refractivity contribution in [2.45, 2.75) is 82.0 Å². The summed E-state index contributed by atoms with van der Waals surface area (Å²) in [6.07, 6.45) is 2.75. The number of hydrogen-bond donors (Lipinski definition) is 15. The van der Waals surface area contributed by atoms with Crippen LogP contribution in [0.5, 0.6) is 0 Å². The second kappa shape index (κ2) is 22.2. The predicted octanol–water partition coefficient (Wildman–Crippen LogP) is -4.23. The van der Waals surface area contributed by atoms with E-state index < -0.39 is 47.9 Å². The number of carbonyl (C=O) groups is 4. The van der Waals surface area contributed by atoms with Crippen LogP contribution in [0.25, 0.3) is 0 Å². The van der Waals surface area contributed by atoms with E-state index in [1.54, 1.807) is 0 Å². The van der Waals surface area contributed by atoms with Gasteiger partial charge in [0, 0.05) is 19.6 Å². The predicted molar refractivity (Wildman–Crippen MR) is 162 cm³/mol. The number of rotatable bonds is 23. The number of aliphatic carboxylic acids is 1. The maximum Gasteiger partial charge on any atom is 0.326 e. The highest BCUT2D eigenvalue weighted by atomic mass is 16.4. The Balaban J connectivity index is 5.67. The topological polar surface area (TPSA) is 362 Å². The summed E-state index contributed by atoms with van der Waals surface area (Å²) >= 11 is 0. The summed E-state index contributed by atoms with van der Waals surface area (Å²) in [7, 11) is 0. The van der Waals surface area contributed by atoms with Crippen molar-refractivity contribution in [3.8, 4) is 0 Å². The van der Waals surface area contributed by atoms with E-state index in [1.165, 1.54) is 0 Å². The SMILES string of the molecule is N=C(N)NCCC[C@H](NC(=O)[C@H](CCCNC(=N)N)NC(=O)[C@H](CCCNC(=N)N)NC(=O)[C@@H](N)CCCCN)C(=O)O. The lowest BCUT2D eigenvalue weighted by atomic mass is 10.0. The molecule has 0 heterocycles. The van der Waals surface area contributed by atoms with Crippen molar-refractivity contribution in [2.75, 3.05) is 26.2 Å². The molecule has 0 bridgehead atoms. The van der Waals surface area contributed by atoms with Crippen LogP contribution in [0.4, 0.5) is 0 Å². The lowest BCUT2D eigenvalue weighted by Gasteiger charge is -2.25. The number of hydrogen-bond acceptors (Lipinski definition) is 9. The molecule has 0 fully saturated rings. The summed E-state index contributed by atoms with van der Waals surface area (Å²) in [5.41, 5.74) is 27.3. The number of nitrogens with one attached hydrogen (secondary N) is 9. The molecule has 0 aliphatic heterocycles. The Labute approximate surface area is 251 Å². The van der Waals surface area contributed by atoms with Gasteiger partial charge in [-0.25, -0.2) is 4.79 Å². The molecule has 0 saturated carbocycles. The first-order valence-electron chi connectivity index (χ1n) is 14.1. The molecule has 43 heavy (non-hydrogen) atoms. The van der Waals surface area contributed by atoms with Crippen LogP contribution < -0.4 is 60.6 Å². The average molecular weight is 615 g/mol. The fourth-order valence-corrected chi connectivity index (χ4v) is 3.85. The van der Waals surface area contributed by atoms with Crippen molar-refractivity contribution in [1.29, 1.82) is 16.2 Å². The molecular formula is C24H50N14O5. The lowest BCUT2D eigenvalue weighted by Crippen LogP contribution is -2.57. The van der Waals surface area contributed by atoms with E-state index in [2.05, 4.69) is 31.9 Å². The third-order valence-electron chi connectivity index (χ3n) is 6.14. The quantitative estimate of drug-likeness (QED) is 0.0295. The third-order valence-corrected chi connectivity index (χ3v) is 6.14. The van der Waals surface area contributed by atoms with Crippen molar-refractivity contribution in [1.82, 2.24) is 31.9 Å². The smallest absolute Gasteiger partial charge is 0.326 e. The van der Waals surface area contributed by atoms with E-state index in [1.807, 2.05) is 0 Å². The van der Waals surface area contributed by atoms with Gasteiger partial charge in [-0.1, -0.05) is 6.42 Å². The van der Waals surface area contributed by atoms with E-state index in [9.17, 15) is 24.3 Å². The summed E-state index contributed by atoms with van der Waals surface area (Å²) in [4.78, 5) is 51.1. The molecule has 4 atom stereocenters. The van der Waals surface area contributed by atoms with Gasteiger partial charge in [0.25, 0.3) is 0 Å². The molecule has 0 radical (unpaired) electrons. The molecule has 0 unspecified atom stereocenters.